The normalized spacial score (nSPS) is 25.8. The molecule has 0 aromatic rings. The molecule has 0 radical (unpaired) electrons. The molecule has 1 fully saturated rings. The maximum Gasteiger partial charge on any atom is 0.239 e. The minimum Gasteiger partial charge on any atom is -0.391 e. The smallest absolute Gasteiger partial charge is 0.239 e. The number of likely N-dealkylation sites (tertiary alicyclic amines) is 1. The molecular formula is C11H22N2O3. The Kier molecular flexibility index (Phi) is 6.21. The summed E-state index contributed by atoms with van der Waals surface area (Å²) in [5.74, 6) is -0.377. The van der Waals surface area contributed by atoms with Gasteiger partial charge in [0.15, 0.2) is 5.78 Å². The third-order valence-electron chi connectivity index (χ3n) is 2.42. The van der Waals surface area contributed by atoms with Crippen molar-refractivity contribution in [2.45, 2.75) is 52.3 Å². The third kappa shape index (κ3) is 3.57. The predicted molar refractivity (Wildman–Crippen MR) is 61.8 cm³/mol. The highest BCUT2D eigenvalue weighted by atomic mass is 16.3. The van der Waals surface area contributed by atoms with E-state index in [1.807, 2.05) is 13.8 Å². The zero-order chi connectivity index (χ0) is 12.9. The molecule has 3 unspecified atom stereocenters. The summed E-state index contributed by atoms with van der Waals surface area (Å²) < 4.78 is 0. The fraction of sp³-hybridized carbons (Fsp3) is 0.818. The van der Waals surface area contributed by atoms with Crippen LogP contribution in [0.15, 0.2) is 0 Å². The Balaban J connectivity index is 0.00000106. The summed E-state index contributed by atoms with van der Waals surface area (Å²) in [6, 6.07) is -1.12. The van der Waals surface area contributed by atoms with E-state index in [0.29, 0.717) is 6.42 Å². The molecule has 1 heterocycles. The van der Waals surface area contributed by atoms with Crippen LogP contribution in [0.25, 0.3) is 0 Å². The molecule has 1 saturated heterocycles. The molecule has 0 aliphatic carbocycles. The highest BCUT2D eigenvalue weighted by molar-refractivity contribution is 5.90. The standard InChI is InChI=1S/C9H16N2O3.C2H6/c1-5(10)9(14)11-4-7(13)3-8(11)6(2)12;1-2/h5,7-8,13H,3-4,10H2,1-2H3;1-2H3. The average molecular weight is 230 g/mol. The lowest BCUT2D eigenvalue weighted by Gasteiger charge is -2.23. The number of ketones is 1. The van der Waals surface area contributed by atoms with Gasteiger partial charge in [-0.1, -0.05) is 13.8 Å². The van der Waals surface area contributed by atoms with E-state index < -0.39 is 18.2 Å². The van der Waals surface area contributed by atoms with Gasteiger partial charge in [-0.2, -0.15) is 0 Å². The lowest BCUT2D eigenvalue weighted by Crippen LogP contribution is -2.47. The zero-order valence-electron chi connectivity index (χ0n) is 10.4. The first-order valence-corrected chi connectivity index (χ1v) is 5.68. The number of carbonyl (C=O) groups is 2. The quantitative estimate of drug-likeness (QED) is 0.694. The van der Waals surface area contributed by atoms with Crippen molar-refractivity contribution in [2.75, 3.05) is 6.54 Å². The van der Waals surface area contributed by atoms with Gasteiger partial charge in [0.05, 0.1) is 18.2 Å². The topological polar surface area (TPSA) is 83.6 Å². The number of carbonyl (C=O) groups excluding carboxylic acids is 2. The number of Topliss-reactive ketones (excluding diaryl/α,β-unsaturated/α-hetero) is 1. The van der Waals surface area contributed by atoms with E-state index in [-0.39, 0.29) is 18.2 Å². The van der Waals surface area contributed by atoms with Crippen LogP contribution in [0.5, 0.6) is 0 Å². The van der Waals surface area contributed by atoms with Gasteiger partial charge in [0.25, 0.3) is 0 Å². The molecule has 3 atom stereocenters. The van der Waals surface area contributed by atoms with Gasteiger partial charge < -0.3 is 15.7 Å². The molecule has 0 spiro atoms. The fourth-order valence-electron chi connectivity index (χ4n) is 1.70. The summed E-state index contributed by atoms with van der Waals surface area (Å²) in [4.78, 5) is 24.1. The molecule has 3 N–H and O–H groups in total. The number of hydrogen-bond donors (Lipinski definition) is 2. The summed E-state index contributed by atoms with van der Waals surface area (Å²) in [7, 11) is 0. The molecule has 0 aromatic carbocycles. The Hall–Kier alpha value is -0.940. The molecule has 16 heavy (non-hydrogen) atoms. The number of aliphatic hydroxyl groups is 1. The molecule has 1 aliphatic heterocycles. The first-order chi connectivity index (χ1) is 7.43. The van der Waals surface area contributed by atoms with Gasteiger partial charge in [0.1, 0.15) is 0 Å². The van der Waals surface area contributed by atoms with E-state index in [9.17, 15) is 14.7 Å². The molecule has 1 amide bonds. The van der Waals surface area contributed by atoms with Gasteiger partial charge >= 0.3 is 0 Å². The van der Waals surface area contributed by atoms with E-state index >= 15 is 0 Å². The molecule has 0 saturated carbocycles. The summed E-state index contributed by atoms with van der Waals surface area (Å²) >= 11 is 0. The molecule has 5 heteroatoms. The number of hydrogen-bond acceptors (Lipinski definition) is 4. The van der Waals surface area contributed by atoms with Crippen LogP contribution < -0.4 is 5.73 Å². The van der Waals surface area contributed by atoms with Crippen molar-refractivity contribution in [3.8, 4) is 0 Å². The molecule has 94 valence electrons. The first kappa shape index (κ1) is 15.1. The molecular weight excluding hydrogens is 208 g/mol. The van der Waals surface area contributed by atoms with Crippen molar-refractivity contribution >= 4 is 11.7 Å². The average Bonchev–Trinajstić information content (AvgIpc) is 2.62. The van der Waals surface area contributed by atoms with Gasteiger partial charge in [-0.25, -0.2) is 0 Å². The molecule has 1 rings (SSSR count). The minimum atomic E-state index is -0.623. The Morgan fingerprint density at radius 3 is 2.31 bits per heavy atom. The van der Waals surface area contributed by atoms with Crippen molar-refractivity contribution in [3.63, 3.8) is 0 Å². The molecule has 0 bridgehead atoms. The second kappa shape index (κ2) is 6.60. The Labute approximate surface area is 96.6 Å². The Bertz CT molecular complexity index is 254. The lowest BCUT2D eigenvalue weighted by molar-refractivity contribution is -0.137. The van der Waals surface area contributed by atoms with Crippen LogP contribution in [-0.2, 0) is 9.59 Å². The number of nitrogens with zero attached hydrogens (tertiary/aromatic N) is 1. The first-order valence-electron chi connectivity index (χ1n) is 5.68. The molecule has 1 aliphatic rings. The van der Waals surface area contributed by atoms with E-state index in [1.54, 1.807) is 6.92 Å². The van der Waals surface area contributed by atoms with Gasteiger partial charge in [0, 0.05) is 13.0 Å². The second-order valence-corrected chi connectivity index (χ2v) is 3.80. The highest BCUT2D eigenvalue weighted by Gasteiger charge is 2.37. The Morgan fingerprint density at radius 2 is 1.94 bits per heavy atom. The van der Waals surface area contributed by atoms with E-state index in [4.69, 9.17) is 5.73 Å². The number of nitrogens with two attached hydrogens (primary N) is 1. The van der Waals surface area contributed by atoms with Crippen LogP contribution >= 0.6 is 0 Å². The minimum absolute atomic E-state index is 0.101. The van der Waals surface area contributed by atoms with Crippen molar-refractivity contribution in [1.29, 1.82) is 0 Å². The number of aliphatic hydroxyl groups excluding tert-OH is 1. The fourth-order valence-corrected chi connectivity index (χ4v) is 1.70. The van der Waals surface area contributed by atoms with Crippen LogP contribution in [0.2, 0.25) is 0 Å². The second-order valence-electron chi connectivity index (χ2n) is 3.80. The lowest BCUT2D eigenvalue weighted by atomic mass is 10.1. The molecule has 5 nitrogen and oxygen atoms in total. The van der Waals surface area contributed by atoms with Crippen molar-refractivity contribution in [3.05, 3.63) is 0 Å². The Morgan fingerprint density at radius 1 is 1.44 bits per heavy atom. The van der Waals surface area contributed by atoms with Gasteiger partial charge in [-0.05, 0) is 13.8 Å². The monoisotopic (exact) mass is 230 g/mol. The van der Waals surface area contributed by atoms with Crippen LogP contribution in [-0.4, -0.2) is 46.4 Å². The van der Waals surface area contributed by atoms with Crippen molar-refractivity contribution in [1.82, 2.24) is 4.90 Å². The van der Waals surface area contributed by atoms with E-state index in [0.717, 1.165) is 0 Å². The van der Waals surface area contributed by atoms with Crippen LogP contribution in [0.1, 0.15) is 34.1 Å². The maximum absolute atomic E-state index is 11.5. The number of amides is 1. The van der Waals surface area contributed by atoms with Crippen LogP contribution in [0.4, 0.5) is 0 Å². The van der Waals surface area contributed by atoms with E-state index in [2.05, 4.69) is 0 Å². The van der Waals surface area contributed by atoms with Crippen LogP contribution in [0, 0.1) is 0 Å². The maximum atomic E-state index is 11.5. The summed E-state index contributed by atoms with van der Waals surface area (Å²) in [6.07, 6.45) is -0.278. The SMILES string of the molecule is CC.CC(=O)C1CC(O)CN1C(=O)C(C)N. The number of rotatable bonds is 2. The summed E-state index contributed by atoms with van der Waals surface area (Å²) in [6.45, 7) is 7.21. The third-order valence-corrected chi connectivity index (χ3v) is 2.42. The summed E-state index contributed by atoms with van der Waals surface area (Å²) in [5.41, 5.74) is 5.44. The summed E-state index contributed by atoms with van der Waals surface area (Å²) in [5, 5.41) is 9.36. The zero-order valence-corrected chi connectivity index (χ0v) is 10.4. The molecule has 0 aromatic heterocycles. The van der Waals surface area contributed by atoms with Crippen molar-refractivity contribution < 1.29 is 14.7 Å². The van der Waals surface area contributed by atoms with Gasteiger partial charge in [-0.3, -0.25) is 9.59 Å². The van der Waals surface area contributed by atoms with Crippen molar-refractivity contribution in [2.24, 2.45) is 5.73 Å². The van der Waals surface area contributed by atoms with Gasteiger partial charge in [0.2, 0.25) is 5.91 Å². The highest BCUT2D eigenvalue weighted by Crippen LogP contribution is 2.19. The van der Waals surface area contributed by atoms with Crippen LogP contribution in [0.3, 0.4) is 0 Å². The van der Waals surface area contributed by atoms with Gasteiger partial charge in [-0.15, -0.1) is 0 Å². The largest absolute Gasteiger partial charge is 0.391 e. The van der Waals surface area contributed by atoms with E-state index in [1.165, 1.54) is 11.8 Å². The predicted octanol–water partition coefficient (Wildman–Crippen LogP) is -0.0894. The number of β-amino-alcohol motifs (C(OH)–C–C–N with tert-alkyl or cyclic N) is 1.